The van der Waals surface area contributed by atoms with E-state index in [-0.39, 0.29) is 0 Å². The average molecular weight is 284 g/mol. The molecule has 2 aromatic heterocycles. The van der Waals surface area contributed by atoms with Crippen LogP contribution in [-0.4, -0.2) is 50.7 Å². The molecule has 0 saturated carbocycles. The van der Waals surface area contributed by atoms with Crippen LogP contribution in [0.1, 0.15) is 12.1 Å². The van der Waals surface area contributed by atoms with Crippen LogP contribution in [0.5, 0.6) is 0 Å². The summed E-state index contributed by atoms with van der Waals surface area (Å²) in [7, 11) is 4.13. The number of thiazole rings is 1. The van der Waals surface area contributed by atoms with Gasteiger partial charge in [-0.2, -0.15) is 0 Å². The molecule has 0 bridgehead atoms. The standard InChI is InChI=1S/C10H16N6S2/c1-8-7-17-10(11-8)18-9-12-13-14-16(9)6-4-5-15(2)3/h7H,4-6H2,1-3H3. The Balaban J connectivity index is 1.95. The minimum atomic E-state index is 0.808. The zero-order valence-corrected chi connectivity index (χ0v) is 12.3. The van der Waals surface area contributed by atoms with Crippen molar-refractivity contribution in [3.05, 3.63) is 11.1 Å². The van der Waals surface area contributed by atoms with Gasteiger partial charge in [0.25, 0.3) is 0 Å². The fourth-order valence-corrected chi connectivity index (χ4v) is 3.14. The van der Waals surface area contributed by atoms with Gasteiger partial charge in [-0.1, -0.05) is 0 Å². The quantitative estimate of drug-likeness (QED) is 0.802. The first-order chi connectivity index (χ1) is 8.65. The Labute approximate surface area is 114 Å². The summed E-state index contributed by atoms with van der Waals surface area (Å²) in [5.41, 5.74) is 1.04. The maximum absolute atomic E-state index is 4.40. The minimum absolute atomic E-state index is 0.808. The Morgan fingerprint density at radius 3 is 2.94 bits per heavy atom. The second kappa shape index (κ2) is 6.26. The Bertz CT molecular complexity index is 492. The molecule has 0 aliphatic rings. The predicted octanol–water partition coefficient (Wildman–Crippen LogP) is 1.54. The summed E-state index contributed by atoms with van der Waals surface area (Å²) in [5.74, 6) is 0. The maximum atomic E-state index is 4.40. The van der Waals surface area contributed by atoms with E-state index in [1.165, 1.54) is 11.8 Å². The monoisotopic (exact) mass is 284 g/mol. The van der Waals surface area contributed by atoms with Crippen LogP contribution in [0.25, 0.3) is 0 Å². The van der Waals surface area contributed by atoms with E-state index >= 15 is 0 Å². The second-order valence-electron chi connectivity index (χ2n) is 4.20. The predicted molar refractivity (Wildman–Crippen MR) is 72.0 cm³/mol. The van der Waals surface area contributed by atoms with Crippen LogP contribution in [-0.2, 0) is 6.54 Å². The third kappa shape index (κ3) is 3.76. The van der Waals surface area contributed by atoms with Gasteiger partial charge < -0.3 is 4.90 Å². The van der Waals surface area contributed by atoms with Gasteiger partial charge in [-0.25, -0.2) is 9.67 Å². The Kier molecular flexibility index (Phi) is 4.67. The number of aryl methyl sites for hydroxylation is 2. The van der Waals surface area contributed by atoms with Crippen molar-refractivity contribution < 1.29 is 0 Å². The molecule has 2 rings (SSSR count). The Morgan fingerprint density at radius 1 is 1.44 bits per heavy atom. The number of hydrogen-bond donors (Lipinski definition) is 0. The van der Waals surface area contributed by atoms with Crippen molar-refractivity contribution in [2.24, 2.45) is 0 Å². The van der Waals surface area contributed by atoms with E-state index in [0.717, 1.165) is 34.7 Å². The fraction of sp³-hybridized carbons (Fsp3) is 0.600. The summed E-state index contributed by atoms with van der Waals surface area (Å²) in [6.07, 6.45) is 1.03. The SMILES string of the molecule is Cc1csc(Sc2nnnn2CCCN(C)C)n1. The molecule has 2 heterocycles. The van der Waals surface area contributed by atoms with Crippen molar-refractivity contribution >= 4 is 23.1 Å². The fourth-order valence-electron chi connectivity index (χ4n) is 1.40. The highest BCUT2D eigenvalue weighted by molar-refractivity contribution is 8.00. The summed E-state index contributed by atoms with van der Waals surface area (Å²) in [6.45, 7) is 3.85. The number of tetrazole rings is 1. The normalized spacial score (nSPS) is 11.3. The van der Waals surface area contributed by atoms with E-state index in [1.807, 2.05) is 17.0 Å². The molecule has 0 aromatic carbocycles. The molecule has 0 amide bonds. The lowest BCUT2D eigenvalue weighted by Crippen LogP contribution is -2.15. The van der Waals surface area contributed by atoms with E-state index in [9.17, 15) is 0 Å². The molecule has 0 unspecified atom stereocenters. The van der Waals surface area contributed by atoms with Gasteiger partial charge in [-0.05, 0) is 56.2 Å². The van der Waals surface area contributed by atoms with E-state index in [4.69, 9.17) is 0 Å². The molecule has 0 radical (unpaired) electrons. The molecule has 0 N–H and O–H groups in total. The smallest absolute Gasteiger partial charge is 0.216 e. The largest absolute Gasteiger partial charge is 0.309 e. The molecule has 0 aliphatic heterocycles. The van der Waals surface area contributed by atoms with Gasteiger partial charge in [0.1, 0.15) is 0 Å². The highest BCUT2D eigenvalue weighted by Gasteiger charge is 2.10. The Morgan fingerprint density at radius 2 is 2.28 bits per heavy atom. The summed E-state index contributed by atoms with van der Waals surface area (Å²) >= 11 is 3.14. The molecule has 0 fully saturated rings. The molecule has 18 heavy (non-hydrogen) atoms. The van der Waals surface area contributed by atoms with Crippen molar-refractivity contribution in [3.63, 3.8) is 0 Å². The van der Waals surface area contributed by atoms with E-state index in [0.29, 0.717) is 0 Å². The number of aromatic nitrogens is 5. The van der Waals surface area contributed by atoms with Crippen LogP contribution < -0.4 is 0 Å². The molecular weight excluding hydrogens is 268 g/mol. The molecule has 98 valence electrons. The Hall–Kier alpha value is -0.990. The van der Waals surface area contributed by atoms with Crippen LogP contribution in [0, 0.1) is 6.92 Å². The van der Waals surface area contributed by atoms with Gasteiger partial charge in [-0.3, -0.25) is 0 Å². The van der Waals surface area contributed by atoms with E-state index in [1.54, 1.807) is 11.3 Å². The van der Waals surface area contributed by atoms with Crippen molar-refractivity contribution in [1.82, 2.24) is 30.1 Å². The minimum Gasteiger partial charge on any atom is -0.309 e. The molecule has 0 spiro atoms. The topological polar surface area (TPSA) is 59.7 Å². The first-order valence-electron chi connectivity index (χ1n) is 5.66. The third-order valence-corrected chi connectivity index (χ3v) is 4.28. The molecule has 0 atom stereocenters. The van der Waals surface area contributed by atoms with Crippen LogP contribution >= 0.6 is 23.1 Å². The van der Waals surface area contributed by atoms with Crippen LogP contribution in [0.2, 0.25) is 0 Å². The molecule has 0 aliphatic carbocycles. The zero-order valence-electron chi connectivity index (χ0n) is 10.7. The number of hydrogen-bond acceptors (Lipinski definition) is 7. The van der Waals surface area contributed by atoms with Crippen LogP contribution in [0.4, 0.5) is 0 Å². The summed E-state index contributed by atoms with van der Waals surface area (Å²) in [5, 5.41) is 14.6. The van der Waals surface area contributed by atoms with Gasteiger partial charge in [0.2, 0.25) is 5.16 Å². The van der Waals surface area contributed by atoms with Gasteiger partial charge in [0.15, 0.2) is 4.34 Å². The highest BCUT2D eigenvalue weighted by Crippen LogP contribution is 2.28. The van der Waals surface area contributed by atoms with Gasteiger partial charge >= 0.3 is 0 Å². The van der Waals surface area contributed by atoms with Gasteiger partial charge in [-0.15, -0.1) is 16.4 Å². The third-order valence-electron chi connectivity index (χ3n) is 2.25. The summed E-state index contributed by atoms with van der Waals surface area (Å²) < 4.78 is 2.82. The first-order valence-corrected chi connectivity index (χ1v) is 7.35. The van der Waals surface area contributed by atoms with Crippen LogP contribution in [0.3, 0.4) is 0 Å². The lowest BCUT2D eigenvalue weighted by molar-refractivity contribution is 0.373. The van der Waals surface area contributed by atoms with E-state index < -0.39 is 0 Å². The second-order valence-corrected chi connectivity index (χ2v) is 6.27. The molecule has 0 saturated heterocycles. The number of nitrogens with zero attached hydrogens (tertiary/aromatic N) is 6. The van der Waals surface area contributed by atoms with Gasteiger partial charge in [0.05, 0.1) is 0 Å². The molecule has 8 heteroatoms. The maximum Gasteiger partial charge on any atom is 0.216 e. The first kappa shape index (κ1) is 13.4. The molecular formula is C10H16N6S2. The molecule has 6 nitrogen and oxygen atoms in total. The highest BCUT2D eigenvalue weighted by atomic mass is 32.2. The average Bonchev–Trinajstić information content (AvgIpc) is 2.89. The van der Waals surface area contributed by atoms with Crippen molar-refractivity contribution in [1.29, 1.82) is 0 Å². The van der Waals surface area contributed by atoms with E-state index in [2.05, 4.69) is 39.5 Å². The van der Waals surface area contributed by atoms with Crippen molar-refractivity contribution in [2.75, 3.05) is 20.6 Å². The molecule has 2 aromatic rings. The van der Waals surface area contributed by atoms with Crippen molar-refractivity contribution in [2.45, 2.75) is 29.4 Å². The lowest BCUT2D eigenvalue weighted by Gasteiger charge is -2.08. The summed E-state index contributed by atoms with van der Waals surface area (Å²) in [6, 6.07) is 0. The number of rotatable bonds is 6. The van der Waals surface area contributed by atoms with Crippen LogP contribution in [0.15, 0.2) is 14.9 Å². The van der Waals surface area contributed by atoms with Crippen molar-refractivity contribution in [3.8, 4) is 0 Å². The van der Waals surface area contributed by atoms with Gasteiger partial charge in [0, 0.05) is 17.6 Å². The zero-order chi connectivity index (χ0) is 13.0. The lowest BCUT2D eigenvalue weighted by atomic mass is 10.4. The summed E-state index contributed by atoms with van der Waals surface area (Å²) in [4.78, 5) is 6.55.